The first kappa shape index (κ1) is 29.2. The lowest BCUT2D eigenvalue weighted by atomic mass is 10.1. The molecule has 0 radical (unpaired) electrons. The summed E-state index contributed by atoms with van der Waals surface area (Å²) in [5, 5.41) is 6.08. The summed E-state index contributed by atoms with van der Waals surface area (Å²) < 4.78 is 11.2. The number of carbonyl (C=O) groups excluding carboxylic acids is 1. The summed E-state index contributed by atoms with van der Waals surface area (Å²) in [6.45, 7) is 11.0. The number of urea groups is 1. The van der Waals surface area contributed by atoms with E-state index in [-0.39, 0.29) is 12.8 Å². The van der Waals surface area contributed by atoms with E-state index in [9.17, 15) is 4.79 Å². The molecule has 3 rings (SSSR count). The van der Waals surface area contributed by atoms with Gasteiger partial charge in [0, 0.05) is 37.1 Å². The van der Waals surface area contributed by atoms with Gasteiger partial charge in [-0.15, -0.1) is 0 Å². The summed E-state index contributed by atoms with van der Waals surface area (Å²) in [7, 11) is 0. The normalized spacial score (nSPS) is 12.3. The molecule has 2 N–H and O–H groups in total. The molecule has 2 amide bonds. The molecule has 0 aromatic heterocycles. The summed E-state index contributed by atoms with van der Waals surface area (Å²) >= 11 is 0. The zero-order valence-electron chi connectivity index (χ0n) is 23.6. The highest BCUT2D eigenvalue weighted by molar-refractivity contribution is 5.90. The highest BCUT2D eigenvalue weighted by Crippen LogP contribution is 2.36. The third kappa shape index (κ3) is 9.81. The van der Waals surface area contributed by atoms with Crippen molar-refractivity contribution in [3.63, 3.8) is 0 Å². The van der Waals surface area contributed by atoms with Crippen molar-refractivity contribution in [3.8, 4) is 11.5 Å². The van der Waals surface area contributed by atoms with Crippen molar-refractivity contribution in [2.45, 2.75) is 79.2 Å². The van der Waals surface area contributed by atoms with E-state index >= 15 is 0 Å². The van der Waals surface area contributed by atoms with E-state index in [2.05, 4.69) is 67.5 Å². The fraction of sp³-hybridized carbons (Fsp3) is 0.469. The predicted octanol–water partition coefficient (Wildman–Crippen LogP) is 8.21. The van der Waals surface area contributed by atoms with Gasteiger partial charge in [-0.1, -0.05) is 74.1 Å². The number of amides is 2. The third-order valence-corrected chi connectivity index (χ3v) is 6.67. The molecule has 0 fully saturated rings. The maximum Gasteiger partial charge on any atom is 0.319 e. The number of unbranched alkanes of at least 4 members (excludes halogenated alkanes) is 4. The van der Waals surface area contributed by atoms with Crippen molar-refractivity contribution >= 4 is 17.4 Å². The number of nitrogens with zero attached hydrogens (tertiary/aromatic N) is 1. The molecule has 6 nitrogen and oxygen atoms in total. The van der Waals surface area contributed by atoms with Crippen LogP contribution in [-0.2, 0) is 6.54 Å². The summed E-state index contributed by atoms with van der Waals surface area (Å²) in [6.07, 6.45) is 12.5. The van der Waals surface area contributed by atoms with E-state index in [1.807, 2.05) is 30.3 Å². The molecule has 0 aliphatic carbocycles. The Balaban J connectivity index is 1.70. The Morgan fingerprint density at radius 1 is 0.974 bits per heavy atom. The Morgan fingerprint density at radius 2 is 1.76 bits per heavy atom. The van der Waals surface area contributed by atoms with Gasteiger partial charge in [0.25, 0.3) is 0 Å². The van der Waals surface area contributed by atoms with Crippen LogP contribution < -0.4 is 25.0 Å². The topological polar surface area (TPSA) is 62.8 Å². The Bertz CT molecular complexity index is 1090. The van der Waals surface area contributed by atoms with Crippen LogP contribution in [0, 0.1) is 0 Å². The molecule has 1 aliphatic heterocycles. The van der Waals surface area contributed by atoms with Gasteiger partial charge in [0.15, 0.2) is 11.5 Å². The number of carbonyl (C=O) groups is 1. The summed E-state index contributed by atoms with van der Waals surface area (Å²) in [5.74, 6) is 1.54. The first-order valence-corrected chi connectivity index (χ1v) is 14.0. The van der Waals surface area contributed by atoms with Crippen molar-refractivity contribution in [2.24, 2.45) is 0 Å². The number of hydrogen-bond donors (Lipinski definition) is 2. The number of ether oxygens (including phenoxy) is 2. The van der Waals surface area contributed by atoms with Crippen LogP contribution in [0.3, 0.4) is 0 Å². The molecule has 6 heteroatoms. The molecule has 0 saturated heterocycles. The van der Waals surface area contributed by atoms with Gasteiger partial charge < -0.3 is 25.0 Å². The molecule has 206 valence electrons. The van der Waals surface area contributed by atoms with Gasteiger partial charge in [-0.3, -0.25) is 0 Å². The van der Waals surface area contributed by atoms with Crippen LogP contribution in [-0.4, -0.2) is 25.9 Å². The third-order valence-electron chi connectivity index (χ3n) is 6.67. The summed E-state index contributed by atoms with van der Waals surface area (Å²) in [5.41, 5.74) is 5.64. The number of fused-ring (bicyclic) bond motifs is 1. The number of allylic oxidation sites excluding steroid dienone is 3. The second-order valence-corrected chi connectivity index (χ2v) is 10.2. The molecule has 0 unspecified atom stereocenters. The predicted molar refractivity (Wildman–Crippen MR) is 158 cm³/mol. The van der Waals surface area contributed by atoms with Crippen LogP contribution in [0.25, 0.3) is 0 Å². The SMILES string of the molecule is CCCCCCCNC(=O)Nc1ccccc1CN(CC=C(C)CCC=C(C)C)c1ccc2c(c1)OCO2. The minimum atomic E-state index is -0.155. The summed E-state index contributed by atoms with van der Waals surface area (Å²) in [4.78, 5) is 14.9. The summed E-state index contributed by atoms with van der Waals surface area (Å²) in [6, 6.07) is 13.9. The lowest BCUT2D eigenvalue weighted by molar-refractivity contribution is 0.174. The average Bonchev–Trinajstić information content (AvgIpc) is 3.37. The zero-order chi connectivity index (χ0) is 27.2. The highest BCUT2D eigenvalue weighted by atomic mass is 16.7. The van der Waals surface area contributed by atoms with Gasteiger partial charge in [-0.25, -0.2) is 4.79 Å². The zero-order valence-corrected chi connectivity index (χ0v) is 23.6. The Labute approximate surface area is 229 Å². The molecular formula is C32H45N3O3. The van der Waals surface area contributed by atoms with Gasteiger partial charge in [0.2, 0.25) is 6.79 Å². The second kappa shape index (κ2) is 15.8. The Hall–Kier alpha value is -3.41. The number of anilines is 2. The maximum atomic E-state index is 12.6. The fourth-order valence-electron chi connectivity index (χ4n) is 4.38. The van der Waals surface area contributed by atoms with Crippen molar-refractivity contribution in [2.75, 3.05) is 30.1 Å². The van der Waals surface area contributed by atoms with E-state index in [1.165, 1.54) is 30.4 Å². The molecule has 0 saturated carbocycles. The van der Waals surface area contributed by atoms with Crippen LogP contribution in [0.2, 0.25) is 0 Å². The van der Waals surface area contributed by atoms with Crippen molar-refractivity contribution in [3.05, 3.63) is 71.3 Å². The quantitative estimate of drug-likeness (QED) is 0.184. The molecule has 38 heavy (non-hydrogen) atoms. The monoisotopic (exact) mass is 519 g/mol. The van der Waals surface area contributed by atoms with Gasteiger partial charge in [-0.2, -0.15) is 0 Å². The van der Waals surface area contributed by atoms with Gasteiger partial charge in [0.05, 0.1) is 0 Å². The molecule has 1 aliphatic rings. The molecule has 0 bridgehead atoms. The van der Waals surface area contributed by atoms with Gasteiger partial charge >= 0.3 is 6.03 Å². The number of para-hydroxylation sites is 1. The minimum absolute atomic E-state index is 0.155. The number of rotatable bonds is 15. The maximum absolute atomic E-state index is 12.6. The lowest BCUT2D eigenvalue weighted by Gasteiger charge is -2.25. The van der Waals surface area contributed by atoms with Crippen molar-refractivity contribution in [1.82, 2.24) is 5.32 Å². The first-order chi connectivity index (χ1) is 18.5. The van der Waals surface area contributed by atoms with Crippen LogP contribution in [0.15, 0.2) is 65.8 Å². The fourth-order valence-corrected chi connectivity index (χ4v) is 4.38. The van der Waals surface area contributed by atoms with Crippen LogP contribution in [0.5, 0.6) is 11.5 Å². The smallest absolute Gasteiger partial charge is 0.319 e. The molecule has 1 heterocycles. The van der Waals surface area contributed by atoms with Crippen LogP contribution in [0.1, 0.15) is 78.2 Å². The average molecular weight is 520 g/mol. The van der Waals surface area contributed by atoms with E-state index in [0.717, 1.165) is 60.7 Å². The molecule has 2 aromatic carbocycles. The largest absolute Gasteiger partial charge is 0.454 e. The van der Waals surface area contributed by atoms with E-state index in [4.69, 9.17) is 9.47 Å². The van der Waals surface area contributed by atoms with Gasteiger partial charge in [0.1, 0.15) is 0 Å². The molecule has 0 atom stereocenters. The van der Waals surface area contributed by atoms with Crippen LogP contribution in [0.4, 0.5) is 16.2 Å². The molecule has 2 aromatic rings. The van der Waals surface area contributed by atoms with E-state index in [0.29, 0.717) is 13.1 Å². The van der Waals surface area contributed by atoms with Crippen LogP contribution >= 0.6 is 0 Å². The Kier molecular flexibility index (Phi) is 12.1. The molecule has 0 spiro atoms. The van der Waals surface area contributed by atoms with E-state index in [1.54, 1.807) is 0 Å². The first-order valence-electron chi connectivity index (χ1n) is 14.0. The van der Waals surface area contributed by atoms with Gasteiger partial charge in [-0.05, 0) is 63.8 Å². The number of benzene rings is 2. The van der Waals surface area contributed by atoms with Crippen molar-refractivity contribution in [1.29, 1.82) is 0 Å². The lowest BCUT2D eigenvalue weighted by Crippen LogP contribution is -2.30. The number of hydrogen-bond acceptors (Lipinski definition) is 4. The number of nitrogens with one attached hydrogen (secondary N) is 2. The highest BCUT2D eigenvalue weighted by Gasteiger charge is 2.17. The van der Waals surface area contributed by atoms with E-state index < -0.39 is 0 Å². The Morgan fingerprint density at radius 3 is 2.58 bits per heavy atom. The van der Waals surface area contributed by atoms with Crippen molar-refractivity contribution < 1.29 is 14.3 Å². The minimum Gasteiger partial charge on any atom is -0.454 e. The second-order valence-electron chi connectivity index (χ2n) is 10.2. The standard InChI is InChI=1S/C32H45N3O3/c1-5-6-7-8-11-20-33-32(36)34-29-16-10-9-15-27(29)23-35(21-19-26(4)14-12-13-25(2)3)28-17-18-30-31(22-28)38-24-37-30/h9-10,13,15-19,22H,5-8,11-12,14,20-21,23-24H2,1-4H3,(H2,33,34,36). The molecular weight excluding hydrogens is 474 g/mol.